The van der Waals surface area contributed by atoms with Gasteiger partial charge in [0.05, 0.1) is 12.6 Å². The number of nitrogens with zero attached hydrogens (tertiary/aromatic N) is 5. The van der Waals surface area contributed by atoms with Crippen LogP contribution in [0.5, 0.6) is 0 Å². The number of hydrogen-bond donors (Lipinski definition) is 2. The minimum Gasteiger partial charge on any atom is -0.394 e. The molecule has 0 aromatic carbocycles. The number of fused-ring (bicyclic) bond motifs is 1. The molecule has 2 atom stereocenters. The molecule has 0 amide bonds. The maximum atomic E-state index is 9.73. The van der Waals surface area contributed by atoms with Crippen molar-refractivity contribution in [3.05, 3.63) is 35.6 Å². The maximum Gasteiger partial charge on any atom is 0.221 e. The number of rotatable bonds is 9. The largest absolute Gasteiger partial charge is 0.394 e. The molecular formula is C24H40N6OS. The number of allylic oxidation sites excluding steroid dienone is 3. The zero-order valence-electron chi connectivity index (χ0n) is 20.5. The average molecular weight is 461 g/mol. The van der Waals surface area contributed by atoms with Gasteiger partial charge in [-0.1, -0.05) is 44.6 Å². The van der Waals surface area contributed by atoms with Gasteiger partial charge in [0.1, 0.15) is 17.5 Å². The van der Waals surface area contributed by atoms with Crippen molar-refractivity contribution in [3.8, 4) is 0 Å². The van der Waals surface area contributed by atoms with Gasteiger partial charge in [-0.15, -0.1) is 0 Å². The standard InChI is InChI=1S/C24H40N6OS/c1-7-10-11-19(6)15-29(9-3)22-12-21-13-23(32-30(17-25-21)14-18(4)5)28-24(27-22)26-20(8-2)16-31/h7,10-11,13,17-18,20,23,31H,8-9,12,14-16H2,1-6H3,(H,26,28)/b10-7-,19-11+,27-22+/t20-,23?/m1/s1. The van der Waals surface area contributed by atoms with E-state index in [1.54, 1.807) is 11.9 Å². The number of hydrogen-bond acceptors (Lipinski definition) is 8. The molecule has 2 aliphatic heterocycles. The van der Waals surface area contributed by atoms with E-state index in [-0.39, 0.29) is 18.0 Å². The van der Waals surface area contributed by atoms with Crippen molar-refractivity contribution in [1.82, 2.24) is 14.5 Å². The molecule has 2 N–H and O–H groups in total. The summed E-state index contributed by atoms with van der Waals surface area (Å²) >= 11 is 1.66. The van der Waals surface area contributed by atoms with Crippen LogP contribution < -0.4 is 5.32 Å². The van der Waals surface area contributed by atoms with Crippen LogP contribution in [-0.4, -0.2) is 70.1 Å². The van der Waals surface area contributed by atoms with Crippen molar-refractivity contribution in [2.45, 2.75) is 65.8 Å². The molecule has 1 unspecified atom stereocenters. The van der Waals surface area contributed by atoms with Crippen LogP contribution in [-0.2, 0) is 0 Å². The fourth-order valence-corrected chi connectivity index (χ4v) is 4.47. The third-order valence-corrected chi connectivity index (χ3v) is 6.08. The van der Waals surface area contributed by atoms with Gasteiger partial charge in [-0.3, -0.25) is 0 Å². The van der Waals surface area contributed by atoms with Gasteiger partial charge in [-0.25, -0.2) is 15.0 Å². The fraction of sp³-hybridized carbons (Fsp3) is 0.625. The molecule has 2 heterocycles. The van der Waals surface area contributed by atoms with Crippen LogP contribution in [0.25, 0.3) is 0 Å². The molecule has 0 radical (unpaired) electrons. The number of guanidine groups is 1. The number of amidine groups is 1. The van der Waals surface area contributed by atoms with Crippen LogP contribution in [0.15, 0.2) is 50.6 Å². The molecule has 7 nitrogen and oxygen atoms in total. The molecule has 2 aliphatic rings. The molecule has 2 bridgehead atoms. The Hall–Kier alpha value is -2.06. The summed E-state index contributed by atoms with van der Waals surface area (Å²) in [5.74, 6) is 2.04. The minimum absolute atomic E-state index is 0.0462. The molecule has 0 saturated heterocycles. The zero-order valence-corrected chi connectivity index (χ0v) is 21.3. The number of likely N-dealkylation sites (N-methyl/N-ethyl adjacent to an activating group) is 1. The second-order valence-corrected chi connectivity index (χ2v) is 9.70. The predicted octanol–water partition coefficient (Wildman–Crippen LogP) is 4.21. The summed E-state index contributed by atoms with van der Waals surface area (Å²) in [6.45, 7) is 15.3. The lowest BCUT2D eigenvalue weighted by molar-refractivity contribution is 0.252. The van der Waals surface area contributed by atoms with E-state index in [2.05, 4.69) is 60.4 Å². The first kappa shape index (κ1) is 26.2. The zero-order chi connectivity index (χ0) is 23.5. The van der Waals surface area contributed by atoms with Gasteiger partial charge >= 0.3 is 0 Å². The highest BCUT2D eigenvalue weighted by molar-refractivity contribution is 7.98. The van der Waals surface area contributed by atoms with Crippen LogP contribution >= 0.6 is 11.9 Å². The van der Waals surface area contributed by atoms with Gasteiger partial charge in [0.15, 0.2) is 0 Å². The van der Waals surface area contributed by atoms with Gasteiger partial charge in [-0.05, 0) is 51.1 Å². The highest BCUT2D eigenvalue weighted by Gasteiger charge is 2.23. The molecule has 0 aromatic heterocycles. The van der Waals surface area contributed by atoms with E-state index < -0.39 is 0 Å². The molecule has 32 heavy (non-hydrogen) atoms. The first-order valence-corrected chi connectivity index (χ1v) is 12.5. The maximum absolute atomic E-state index is 9.73. The number of aliphatic imine (C=N–C) groups is 3. The SMILES string of the molecule is C/C=C\C=C(/C)CN(CC)/C1=N/C(N[C@H](CC)CO)=N\C2C=C(C1)N=CN(CC(C)C)S2. The molecule has 0 saturated carbocycles. The van der Waals surface area contributed by atoms with Crippen LogP contribution in [0.1, 0.15) is 54.4 Å². The molecule has 0 aliphatic carbocycles. The molecule has 2 rings (SSSR count). The average Bonchev–Trinajstić information content (AvgIpc) is 2.94. The molecule has 178 valence electrons. The van der Waals surface area contributed by atoms with E-state index in [1.807, 2.05) is 26.3 Å². The van der Waals surface area contributed by atoms with Gasteiger partial charge in [0, 0.05) is 31.8 Å². The summed E-state index contributed by atoms with van der Waals surface area (Å²) in [5.41, 5.74) is 2.25. The van der Waals surface area contributed by atoms with Gasteiger partial charge < -0.3 is 19.6 Å². The van der Waals surface area contributed by atoms with Crippen LogP contribution in [0.4, 0.5) is 0 Å². The van der Waals surface area contributed by atoms with Gasteiger partial charge in [0.25, 0.3) is 0 Å². The lowest BCUT2D eigenvalue weighted by Crippen LogP contribution is -2.40. The lowest BCUT2D eigenvalue weighted by atomic mass is 10.2. The second kappa shape index (κ2) is 13.5. The molecular weight excluding hydrogens is 420 g/mol. The van der Waals surface area contributed by atoms with Crippen molar-refractivity contribution in [1.29, 1.82) is 0 Å². The van der Waals surface area contributed by atoms with E-state index in [9.17, 15) is 5.11 Å². The van der Waals surface area contributed by atoms with E-state index in [0.717, 1.165) is 37.6 Å². The highest BCUT2D eigenvalue weighted by atomic mass is 32.2. The minimum atomic E-state index is -0.110. The van der Waals surface area contributed by atoms with Crippen molar-refractivity contribution in [3.63, 3.8) is 0 Å². The van der Waals surface area contributed by atoms with Crippen LogP contribution in [0, 0.1) is 5.92 Å². The van der Waals surface area contributed by atoms with Crippen molar-refractivity contribution in [2.75, 3.05) is 26.2 Å². The summed E-state index contributed by atoms with van der Waals surface area (Å²) in [6, 6.07) is -0.0770. The highest BCUT2D eigenvalue weighted by Crippen LogP contribution is 2.27. The van der Waals surface area contributed by atoms with E-state index in [0.29, 0.717) is 18.3 Å². The summed E-state index contributed by atoms with van der Waals surface area (Å²) in [6.07, 6.45) is 11.7. The monoisotopic (exact) mass is 460 g/mol. The molecule has 0 fully saturated rings. The predicted molar refractivity (Wildman–Crippen MR) is 139 cm³/mol. The summed E-state index contributed by atoms with van der Waals surface area (Å²) in [4.78, 5) is 16.9. The normalized spacial score (nSPS) is 23.6. The number of aliphatic hydroxyl groups is 1. The summed E-state index contributed by atoms with van der Waals surface area (Å²) < 4.78 is 2.16. The van der Waals surface area contributed by atoms with E-state index >= 15 is 0 Å². The first-order valence-electron chi connectivity index (χ1n) is 11.6. The molecule has 0 aromatic rings. The Morgan fingerprint density at radius 1 is 1.41 bits per heavy atom. The van der Waals surface area contributed by atoms with Crippen molar-refractivity contribution >= 4 is 30.1 Å². The summed E-state index contributed by atoms with van der Waals surface area (Å²) in [7, 11) is 0. The third-order valence-electron chi connectivity index (χ3n) is 5.11. The van der Waals surface area contributed by atoms with E-state index in [1.165, 1.54) is 5.57 Å². The van der Waals surface area contributed by atoms with Gasteiger partial charge in [-0.2, -0.15) is 0 Å². The quantitative estimate of drug-likeness (QED) is 0.398. The van der Waals surface area contributed by atoms with Crippen molar-refractivity contribution in [2.24, 2.45) is 20.9 Å². The van der Waals surface area contributed by atoms with Crippen LogP contribution in [0.2, 0.25) is 0 Å². The third kappa shape index (κ3) is 8.47. The van der Waals surface area contributed by atoms with E-state index in [4.69, 9.17) is 15.0 Å². The topological polar surface area (TPSA) is 75.8 Å². The molecule has 8 heteroatoms. The Labute approximate surface area is 198 Å². The fourth-order valence-electron chi connectivity index (χ4n) is 3.34. The number of aliphatic hydroxyl groups excluding tert-OH is 1. The van der Waals surface area contributed by atoms with Gasteiger partial charge in [0.2, 0.25) is 5.96 Å². The lowest BCUT2D eigenvalue weighted by Gasteiger charge is -2.27. The second-order valence-electron chi connectivity index (χ2n) is 8.53. The van der Waals surface area contributed by atoms with Crippen LogP contribution in [0.3, 0.4) is 0 Å². The molecule has 0 spiro atoms. The Morgan fingerprint density at radius 3 is 2.81 bits per heavy atom. The Morgan fingerprint density at radius 2 is 2.19 bits per heavy atom. The Bertz CT molecular complexity index is 779. The van der Waals surface area contributed by atoms with Crippen molar-refractivity contribution < 1.29 is 5.11 Å². The number of nitrogens with one attached hydrogen (secondary N) is 1. The Balaban J connectivity index is 2.39. The first-order chi connectivity index (χ1) is 15.4. The summed E-state index contributed by atoms with van der Waals surface area (Å²) in [5, 5.41) is 13.0. The smallest absolute Gasteiger partial charge is 0.221 e. The Kier molecular flexibility index (Phi) is 11.0.